The molecule has 96 valence electrons. The predicted octanol–water partition coefficient (Wildman–Crippen LogP) is 2.62. The number of carbonyl (C=O) groups excluding carboxylic acids is 1. The lowest BCUT2D eigenvalue weighted by Crippen LogP contribution is -2.06. The number of esters is 1. The lowest BCUT2D eigenvalue weighted by molar-refractivity contribution is -0.143. The standard InChI is InChI=1S/C12H24O3S/c1-16-11-10-15-12(14)8-6-4-2-3-5-7-9-13/h13H,2-11H2,1H3. The fraction of sp³-hybridized carbons (Fsp3) is 0.917. The number of carbonyl (C=O) groups is 1. The van der Waals surface area contributed by atoms with Crippen molar-refractivity contribution in [3.05, 3.63) is 0 Å². The average molecular weight is 248 g/mol. The first-order valence-electron chi connectivity index (χ1n) is 6.06. The van der Waals surface area contributed by atoms with E-state index in [-0.39, 0.29) is 5.97 Å². The minimum absolute atomic E-state index is 0.0654. The number of hydrogen-bond acceptors (Lipinski definition) is 4. The van der Waals surface area contributed by atoms with Gasteiger partial charge in [-0.25, -0.2) is 0 Å². The fourth-order valence-electron chi connectivity index (χ4n) is 1.40. The molecule has 4 heteroatoms. The van der Waals surface area contributed by atoms with Gasteiger partial charge in [0.05, 0.1) is 0 Å². The minimum Gasteiger partial charge on any atom is -0.465 e. The monoisotopic (exact) mass is 248 g/mol. The maximum absolute atomic E-state index is 11.2. The van der Waals surface area contributed by atoms with Crippen LogP contribution in [-0.2, 0) is 9.53 Å². The zero-order valence-electron chi connectivity index (χ0n) is 10.2. The van der Waals surface area contributed by atoms with Gasteiger partial charge in [0.25, 0.3) is 0 Å². The van der Waals surface area contributed by atoms with E-state index >= 15 is 0 Å². The van der Waals surface area contributed by atoms with Gasteiger partial charge in [-0.1, -0.05) is 25.7 Å². The molecular weight excluding hydrogens is 224 g/mol. The highest BCUT2D eigenvalue weighted by atomic mass is 32.2. The molecule has 0 aliphatic heterocycles. The molecule has 0 aromatic carbocycles. The maximum atomic E-state index is 11.2. The smallest absolute Gasteiger partial charge is 0.305 e. The Morgan fingerprint density at radius 1 is 1.12 bits per heavy atom. The van der Waals surface area contributed by atoms with Crippen LogP contribution in [0.3, 0.4) is 0 Å². The van der Waals surface area contributed by atoms with E-state index in [2.05, 4.69) is 0 Å². The molecule has 0 aromatic heterocycles. The maximum Gasteiger partial charge on any atom is 0.305 e. The van der Waals surface area contributed by atoms with Gasteiger partial charge < -0.3 is 9.84 Å². The molecular formula is C12H24O3S. The molecule has 0 saturated carbocycles. The van der Waals surface area contributed by atoms with Crippen molar-refractivity contribution >= 4 is 17.7 Å². The highest BCUT2D eigenvalue weighted by Crippen LogP contribution is 2.07. The third-order valence-electron chi connectivity index (χ3n) is 2.34. The molecule has 0 aliphatic rings. The number of ether oxygens (including phenoxy) is 1. The Morgan fingerprint density at radius 3 is 2.38 bits per heavy atom. The van der Waals surface area contributed by atoms with Crippen molar-refractivity contribution in [2.75, 3.05) is 25.2 Å². The number of hydrogen-bond donors (Lipinski definition) is 1. The largest absolute Gasteiger partial charge is 0.465 e. The predicted molar refractivity (Wildman–Crippen MR) is 68.7 cm³/mol. The van der Waals surface area contributed by atoms with Crippen molar-refractivity contribution in [1.29, 1.82) is 0 Å². The number of unbranched alkanes of at least 4 members (excludes halogenated alkanes) is 5. The van der Waals surface area contributed by atoms with Crippen molar-refractivity contribution < 1.29 is 14.6 Å². The first-order chi connectivity index (χ1) is 7.81. The molecule has 0 aliphatic carbocycles. The molecule has 0 heterocycles. The average Bonchev–Trinajstić information content (AvgIpc) is 2.28. The van der Waals surface area contributed by atoms with Crippen LogP contribution in [0.5, 0.6) is 0 Å². The van der Waals surface area contributed by atoms with Crippen LogP contribution in [0.1, 0.15) is 44.9 Å². The molecule has 0 aromatic rings. The summed E-state index contributed by atoms with van der Waals surface area (Å²) in [6, 6.07) is 0. The Labute approximate surface area is 103 Å². The summed E-state index contributed by atoms with van der Waals surface area (Å²) in [7, 11) is 0. The molecule has 16 heavy (non-hydrogen) atoms. The molecule has 0 fully saturated rings. The van der Waals surface area contributed by atoms with Gasteiger partial charge >= 0.3 is 5.97 Å². The zero-order valence-corrected chi connectivity index (χ0v) is 11.1. The van der Waals surface area contributed by atoms with Gasteiger partial charge in [-0.15, -0.1) is 0 Å². The van der Waals surface area contributed by atoms with Crippen molar-refractivity contribution in [2.45, 2.75) is 44.9 Å². The van der Waals surface area contributed by atoms with Gasteiger partial charge in [0, 0.05) is 18.8 Å². The van der Waals surface area contributed by atoms with Gasteiger partial charge in [-0.05, 0) is 19.1 Å². The summed E-state index contributed by atoms with van der Waals surface area (Å²) in [5.41, 5.74) is 0. The van der Waals surface area contributed by atoms with Crippen LogP contribution < -0.4 is 0 Å². The van der Waals surface area contributed by atoms with Crippen molar-refractivity contribution in [2.24, 2.45) is 0 Å². The van der Waals surface area contributed by atoms with Crippen molar-refractivity contribution in [1.82, 2.24) is 0 Å². The van der Waals surface area contributed by atoms with E-state index in [1.165, 1.54) is 0 Å². The Kier molecular flexibility index (Phi) is 12.7. The summed E-state index contributed by atoms with van der Waals surface area (Å²) in [5, 5.41) is 8.58. The molecule has 0 rings (SSSR count). The highest BCUT2D eigenvalue weighted by Gasteiger charge is 2.01. The second kappa shape index (κ2) is 12.8. The van der Waals surface area contributed by atoms with E-state index in [0.29, 0.717) is 19.6 Å². The van der Waals surface area contributed by atoms with E-state index in [1.807, 2.05) is 6.26 Å². The summed E-state index contributed by atoms with van der Waals surface area (Å²) in [4.78, 5) is 11.2. The molecule has 1 N–H and O–H groups in total. The topological polar surface area (TPSA) is 46.5 Å². The Bertz CT molecular complexity index is 162. The van der Waals surface area contributed by atoms with Gasteiger partial charge in [-0.3, -0.25) is 4.79 Å². The fourth-order valence-corrected chi connectivity index (χ4v) is 1.65. The van der Waals surface area contributed by atoms with E-state index in [1.54, 1.807) is 11.8 Å². The number of aliphatic hydroxyl groups is 1. The first-order valence-corrected chi connectivity index (χ1v) is 7.46. The number of aliphatic hydroxyl groups excluding tert-OH is 1. The van der Waals surface area contributed by atoms with E-state index in [0.717, 1.165) is 44.3 Å². The van der Waals surface area contributed by atoms with Crippen LogP contribution in [0.25, 0.3) is 0 Å². The molecule has 0 spiro atoms. The lowest BCUT2D eigenvalue weighted by atomic mass is 10.1. The second-order valence-corrected chi connectivity index (χ2v) is 4.79. The summed E-state index contributed by atoms with van der Waals surface area (Å²) >= 11 is 1.69. The van der Waals surface area contributed by atoms with Crippen molar-refractivity contribution in [3.8, 4) is 0 Å². The lowest BCUT2D eigenvalue weighted by Gasteiger charge is -2.03. The van der Waals surface area contributed by atoms with Gasteiger partial charge in [0.2, 0.25) is 0 Å². The van der Waals surface area contributed by atoms with E-state index in [4.69, 9.17) is 9.84 Å². The molecule has 0 amide bonds. The number of thioether (sulfide) groups is 1. The van der Waals surface area contributed by atoms with Gasteiger partial charge in [0.1, 0.15) is 6.61 Å². The quantitative estimate of drug-likeness (QED) is 0.451. The van der Waals surface area contributed by atoms with Crippen LogP contribution >= 0.6 is 11.8 Å². The first kappa shape index (κ1) is 15.8. The molecule has 0 unspecified atom stereocenters. The Hall–Kier alpha value is -0.220. The van der Waals surface area contributed by atoms with Crippen LogP contribution in [0.2, 0.25) is 0 Å². The van der Waals surface area contributed by atoms with E-state index in [9.17, 15) is 4.79 Å². The molecule has 0 atom stereocenters. The van der Waals surface area contributed by atoms with Crippen LogP contribution in [0.15, 0.2) is 0 Å². The Balaban J connectivity index is 3.09. The molecule has 0 saturated heterocycles. The van der Waals surface area contributed by atoms with Crippen LogP contribution in [-0.4, -0.2) is 36.3 Å². The molecule has 0 bridgehead atoms. The molecule has 0 radical (unpaired) electrons. The normalized spacial score (nSPS) is 10.4. The zero-order chi connectivity index (χ0) is 12.1. The SMILES string of the molecule is CSCCOC(=O)CCCCCCCCO. The minimum atomic E-state index is -0.0654. The van der Waals surface area contributed by atoms with E-state index < -0.39 is 0 Å². The third-order valence-corrected chi connectivity index (χ3v) is 2.91. The summed E-state index contributed by atoms with van der Waals surface area (Å²) in [6.45, 7) is 0.832. The van der Waals surface area contributed by atoms with Gasteiger partial charge in [-0.2, -0.15) is 11.8 Å². The molecule has 3 nitrogen and oxygen atoms in total. The van der Waals surface area contributed by atoms with Crippen LogP contribution in [0.4, 0.5) is 0 Å². The summed E-state index contributed by atoms with van der Waals surface area (Å²) < 4.78 is 5.03. The van der Waals surface area contributed by atoms with Gasteiger partial charge in [0.15, 0.2) is 0 Å². The van der Waals surface area contributed by atoms with Crippen LogP contribution in [0, 0.1) is 0 Å². The Morgan fingerprint density at radius 2 is 1.75 bits per heavy atom. The third kappa shape index (κ3) is 11.9. The summed E-state index contributed by atoms with van der Waals surface area (Å²) in [6.07, 6.45) is 8.86. The summed E-state index contributed by atoms with van der Waals surface area (Å²) in [5.74, 6) is 0.816. The second-order valence-electron chi connectivity index (χ2n) is 3.81. The number of rotatable bonds is 11. The van der Waals surface area contributed by atoms with Crippen molar-refractivity contribution in [3.63, 3.8) is 0 Å². The highest BCUT2D eigenvalue weighted by molar-refractivity contribution is 7.98.